The molecule has 1 aromatic carbocycles. The molecular formula is C22H24F3N3O4. The average molecular weight is 451 g/mol. The van der Waals surface area contributed by atoms with Gasteiger partial charge in [0, 0.05) is 31.5 Å². The lowest BCUT2D eigenvalue weighted by molar-refractivity contribution is -0.274. The van der Waals surface area contributed by atoms with E-state index in [1.54, 1.807) is 11.5 Å². The van der Waals surface area contributed by atoms with Crippen molar-refractivity contribution in [1.29, 1.82) is 0 Å². The maximum absolute atomic E-state index is 12.8. The fraction of sp³-hybridized carbons (Fsp3) is 0.409. The Morgan fingerprint density at radius 1 is 1.03 bits per heavy atom. The Kier molecular flexibility index (Phi) is 7.22. The first-order valence-corrected chi connectivity index (χ1v) is 10.3. The number of aromatic nitrogens is 1. The normalized spacial score (nSPS) is 14.2. The largest absolute Gasteiger partial charge is 0.573 e. The number of pyridine rings is 1. The van der Waals surface area contributed by atoms with E-state index in [1.165, 1.54) is 24.5 Å². The van der Waals surface area contributed by atoms with Crippen LogP contribution in [0.3, 0.4) is 0 Å². The van der Waals surface area contributed by atoms with Gasteiger partial charge in [-0.25, -0.2) is 0 Å². The SMILES string of the molecule is CCNC(=O)c1cn(C2CCCC2)cc(C(=O)NCc2ccc(OC(F)(F)F)cc2)c1=O. The van der Waals surface area contributed by atoms with Crippen LogP contribution in [0, 0.1) is 0 Å². The van der Waals surface area contributed by atoms with E-state index in [-0.39, 0.29) is 29.5 Å². The van der Waals surface area contributed by atoms with Crippen molar-refractivity contribution >= 4 is 11.8 Å². The summed E-state index contributed by atoms with van der Waals surface area (Å²) in [5.41, 5.74) is -0.404. The highest BCUT2D eigenvalue weighted by Gasteiger charge is 2.31. The Balaban J connectivity index is 1.79. The summed E-state index contributed by atoms with van der Waals surface area (Å²) in [4.78, 5) is 38.0. The highest BCUT2D eigenvalue weighted by atomic mass is 19.4. The summed E-state index contributed by atoms with van der Waals surface area (Å²) in [6, 6.07) is 5.14. The number of benzene rings is 1. The molecule has 32 heavy (non-hydrogen) atoms. The fourth-order valence-corrected chi connectivity index (χ4v) is 3.68. The van der Waals surface area contributed by atoms with Crippen LogP contribution in [0.25, 0.3) is 0 Å². The van der Waals surface area contributed by atoms with E-state index in [9.17, 15) is 27.6 Å². The van der Waals surface area contributed by atoms with Gasteiger partial charge < -0.3 is 19.9 Å². The topological polar surface area (TPSA) is 89.4 Å². The van der Waals surface area contributed by atoms with Gasteiger partial charge >= 0.3 is 6.36 Å². The van der Waals surface area contributed by atoms with Gasteiger partial charge in [-0.15, -0.1) is 13.2 Å². The molecule has 0 unspecified atom stereocenters. The van der Waals surface area contributed by atoms with Crippen molar-refractivity contribution in [2.75, 3.05) is 6.54 Å². The van der Waals surface area contributed by atoms with Gasteiger partial charge in [-0.1, -0.05) is 25.0 Å². The van der Waals surface area contributed by atoms with Gasteiger partial charge in [-0.05, 0) is 37.5 Å². The number of hydrogen-bond donors (Lipinski definition) is 2. The second kappa shape index (κ2) is 9.88. The van der Waals surface area contributed by atoms with Crippen molar-refractivity contribution in [1.82, 2.24) is 15.2 Å². The molecular weight excluding hydrogens is 427 g/mol. The third-order valence-electron chi connectivity index (χ3n) is 5.23. The lowest BCUT2D eigenvalue weighted by Gasteiger charge is -2.17. The van der Waals surface area contributed by atoms with Crippen molar-refractivity contribution in [2.24, 2.45) is 0 Å². The van der Waals surface area contributed by atoms with Crippen LogP contribution in [-0.2, 0) is 6.54 Å². The van der Waals surface area contributed by atoms with Crippen LogP contribution in [0.15, 0.2) is 41.5 Å². The van der Waals surface area contributed by atoms with Gasteiger partial charge in [0.2, 0.25) is 5.43 Å². The molecule has 172 valence electrons. The number of alkyl halides is 3. The smallest absolute Gasteiger partial charge is 0.406 e. The summed E-state index contributed by atoms with van der Waals surface area (Å²) in [6.45, 7) is 2.06. The molecule has 0 bridgehead atoms. The van der Waals surface area contributed by atoms with Crippen LogP contribution < -0.4 is 20.8 Å². The highest BCUT2D eigenvalue weighted by Crippen LogP contribution is 2.29. The van der Waals surface area contributed by atoms with E-state index in [1.807, 2.05) is 0 Å². The van der Waals surface area contributed by atoms with Gasteiger partial charge in [0.25, 0.3) is 11.8 Å². The molecule has 1 saturated carbocycles. The minimum atomic E-state index is -4.79. The molecule has 3 rings (SSSR count). The number of carbonyl (C=O) groups excluding carboxylic acids is 2. The van der Waals surface area contributed by atoms with E-state index >= 15 is 0 Å². The Hall–Kier alpha value is -3.30. The second-order valence-electron chi connectivity index (χ2n) is 7.53. The van der Waals surface area contributed by atoms with Crippen molar-refractivity contribution in [3.8, 4) is 5.75 Å². The summed E-state index contributed by atoms with van der Waals surface area (Å²) < 4.78 is 42.4. The lowest BCUT2D eigenvalue weighted by Crippen LogP contribution is -2.35. The standard InChI is InChI=1S/C22H24F3N3O4/c1-2-26-20(30)17-12-28(15-5-3-4-6-15)13-18(19(17)29)21(31)27-11-14-7-9-16(10-8-14)32-22(23,24)25/h7-10,12-13,15H,2-6,11H2,1H3,(H,26,30)(H,27,31). The van der Waals surface area contributed by atoms with E-state index in [0.29, 0.717) is 12.1 Å². The molecule has 0 atom stereocenters. The molecule has 0 spiro atoms. The molecule has 2 amide bonds. The highest BCUT2D eigenvalue weighted by molar-refractivity contribution is 5.99. The summed E-state index contributed by atoms with van der Waals surface area (Å²) in [5, 5.41) is 5.18. The molecule has 1 aromatic heterocycles. The van der Waals surface area contributed by atoms with Crippen LogP contribution in [0.1, 0.15) is 64.9 Å². The number of hydrogen-bond acceptors (Lipinski definition) is 4. The first-order valence-electron chi connectivity index (χ1n) is 10.3. The van der Waals surface area contributed by atoms with Crippen LogP contribution in [-0.4, -0.2) is 29.3 Å². The van der Waals surface area contributed by atoms with Gasteiger partial charge in [0.1, 0.15) is 16.9 Å². The minimum Gasteiger partial charge on any atom is -0.406 e. The minimum absolute atomic E-state index is 0.0145. The first kappa shape index (κ1) is 23.4. The number of nitrogens with zero attached hydrogens (tertiary/aromatic N) is 1. The monoisotopic (exact) mass is 451 g/mol. The molecule has 0 radical (unpaired) electrons. The fourth-order valence-electron chi connectivity index (χ4n) is 3.68. The van der Waals surface area contributed by atoms with Gasteiger partial charge in [-0.2, -0.15) is 0 Å². The number of nitrogens with one attached hydrogen (secondary N) is 2. The zero-order valence-corrected chi connectivity index (χ0v) is 17.5. The van der Waals surface area contributed by atoms with E-state index in [4.69, 9.17) is 0 Å². The average Bonchev–Trinajstić information content (AvgIpc) is 3.27. The maximum atomic E-state index is 12.8. The van der Waals surface area contributed by atoms with Crippen LogP contribution >= 0.6 is 0 Å². The number of rotatable bonds is 7. The molecule has 2 aromatic rings. The molecule has 0 saturated heterocycles. The molecule has 0 aliphatic heterocycles. The van der Waals surface area contributed by atoms with Crippen molar-refractivity contribution in [2.45, 2.75) is 51.6 Å². The van der Waals surface area contributed by atoms with Crippen molar-refractivity contribution < 1.29 is 27.5 Å². The number of carbonyl (C=O) groups is 2. The lowest BCUT2D eigenvalue weighted by atomic mass is 10.1. The van der Waals surface area contributed by atoms with Crippen LogP contribution in [0.2, 0.25) is 0 Å². The maximum Gasteiger partial charge on any atom is 0.573 e. The second-order valence-corrected chi connectivity index (χ2v) is 7.53. The van der Waals surface area contributed by atoms with Crippen molar-refractivity contribution in [3.05, 3.63) is 63.6 Å². The molecule has 1 aliphatic carbocycles. The van der Waals surface area contributed by atoms with E-state index in [2.05, 4.69) is 15.4 Å². The number of halogens is 3. The molecule has 7 nitrogen and oxygen atoms in total. The third-order valence-corrected chi connectivity index (χ3v) is 5.23. The Morgan fingerprint density at radius 2 is 1.59 bits per heavy atom. The summed E-state index contributed by atoms with van der Waals surface area (Å²) in [5.74, 6) is -1.58. The predicted molar refractivity (Wildman–Crippen MR) is 111 cm³/mol. The Morgan fingerprint density at radius 3 is 2.12 bits per heavy atom. The molecule has 1 heterocycles. The van der Waals surface area contributed by atoms with E-state index in [0.717, 1.165) is 37.8 Å². The number of ether oxygens (including phenoxy) is 1. The Labute approximate surface area is 182 Å². The zero-order chi connectivity index (χ0) is 23.3. The quantitative estimate of drug-likeness (QED) is 0.674. The van der Waals surface area contributed by atoms with Crippen LogP contribution in [0.5, 0.6) is 5.75 Å². The molecule has 2 N–H and O–H groups in total. The third kappa shape index (κ3) is 5.89. The van der Waals surface area contributed by atoms with E-state index < -0.39 is 23.6 Å². The van der Waals surface area contributed by atoms with Crippen LogP contribution in [0.4, 0.5) is 13.2 Å². The van der Waals surface area contributed by atoms with Gasteiger partial charge in [-0.3, -0.25) is 14.4 Å². The predicted octanol–water partition coefficient (Wildman–Crippen LogP) is 3.54. The molecule has 1 aliphatic rings. The molecule has 1 fully saturated rings. The summed E-state index contributed by atoms with van der Waals surface area (Å²) in [7, 11) is 0. The van der Waals surface area contributed by atoms with Crippen molar-refractivity contribution in [3.63, 3.8) is 0 Å². The summed E-state index contributed by atoms with van der Waals surface area (Å²) in [6.07, 6.45) is 2.03. The van der Waals surface area contributed by atoms with Gasteiger partial charge in [0.15, 0.2) is 0 Å². The first-order chi connectivity index (χ1) is 15.2. The number of amides is 2. The Bertz CT molecular complexity index is 1030. The zero-order valence-electron chi connectivity index (χ0n) is 17.5. The molecule has 10 heteroatoms. The summed E-state index contributed by atoms with van der Waals surface area (Å²) >= 11 is 0. The van der Waals surface area contributed by atoms with Gasteiger partial charge in [0.05, 0.1) is 0 Å².